The third-order valence-corrected chi connectivity index (χ3v) is 3.99. The van der Waals surface area contributed by atoms with Gasteiger partial charge >= 0.3 is 0 Å². The van der Waals surface area contributed by atoms with Crippen LogP contribution >= 0.6 is 0 Å². The van der Waals surface area contributed by atoms with Crippen LogP contribution in [0.25, 0.3) is 10.9 Å². The van der Waals surface area contributed by atoms with Gasteiger partial charge in [-0.25, -0.2) is 0 Å². The molecule has 2 heteroatoms. The number of pyridine rings is 1. The highest BCUT2D eigenvalue weighted by atomic mass is 14.9. The predicted octanol–water partition coefficient (Wildman–Crippen LogP) is 3.54. The Kier molecular flexibility index (Phi) is 3.04. The Bertz CT molecular complexity index is 550. The summed E-state index contributed by atoms with van der Waals surface area (Å²) >= 11 is 0. The average molecular weight is 240 g/mol. The quantitative estimate of drug-likeness (QED) is 0.884. The van der Waals surface area contributed by atoms with Crippen LogP contribution in [-0.2, 0) is 0 Å². The number of para-hydroxylation sites is 1. The van der Waals surface area contributed by atoms with Gasteiger partial charge in [-0.05, 0) is 42.5 Å². The summed E-state index contributed by atoms with van der Waals surface area (Å²) in [5.41, 5.74) is 2.42. The fraction of sp³-hybridized carbons (Fsp3) is 0.438. The molecule has 0 saturated heterocycles. The van der Waals surface area contributed by atoms with Crippen molar-refractivity contribution in [1.29, 1.82) is 0 Å². The van der Waals surface area contributed by atoms with E-state index in [0.29, 0.717) is 6.04 Å². The first-order valence-corrected chi connectivity index (χ1v) is 6.87. The standard InChI is InChI=1S/C16H20N2/c1-3-17-16(14-8-11(14)2)13-9-12-6-4-5-7-15(12)18-10-13/h4-7,9-11,14,16-17H,3,8H2,1-2H3. The van der Waals surface area contributed by atoms with Crippen molar-refractivity contribution in [2.45, 2.75) is 26.3 Å². The van der Waals surface area contributed by atoms with E-state index in [0.717, 1.165) is 23.9 Å². The molecule has 2 aromatic rings. The fourth-order valence-electron chi connectivity index (χ4n) is 2.81. The topological polar surface area (TPSA) is 24.9 Å². The van der Waals surface area contributed by atoms with E-state index in [-0.39, 0.29) is 0 Å². The van der Waals surface area contributed by atoms with E-state index < -0.39 is 0 Å². The number of hydrogen-bond donors (Lipinski definition) is 1. The molecule has 94 valence electrons. The lowest BCUT2D eigenvalue weighted by Gasteiger charge is -2.18. The molecule has 0 amide bonds. The molecule has 2 nitrogen and oxygen atoms in total. The lowest BCUT2D eigenvalue weighted by molar-refractivity contribution is 0.475. The number of rotatable bonds is 4. The van der Waals surface area contributed by atoms with E-state index in [4.69, 9.17) is 0 Å². The van der Waals surface area contributed by atoms with E-state index in [2.05, 4.69) is 48.4 Å². The SMILES string of the molecule is CCNC(c1cnc2ccccc2c1)C1CC1C. The first kappa shape index (κ1) is 11.7. The third kappa shape index (κ3) is 2.13. The van der Waals surface area contributed by atoms with Gasteiger partial charge in [-0.15, -0.1) is 0 Å². The summed E-state index contributed by atoms with van der Waals surface area (Å²) in [7, 11) is 0. The fourth-order valence-corrected chi connectivity index (χ4v) is 2.81. The van der Waals surface area contributed by atoms with Crippen molar-refractivity contribution < 1.29 is 0 Å². The Labute approximate surface area is 108 Å². The normalized spacial score (nSPS) is 24.1. The van der Waals surface area contributed by atoms with Gasteiger partial charge in [0, 0.05) is 17.6 Å². The summed E-state index contributed by atoms with van der Waals surface area (Å²) in [6.45, 7) is 5.53. The zero-order chi connectivity index (χ0) is 12.5. The number of fused-ring (bicyclic) bond motifs is 1. The number of aromatic nitrogens is 1. The molecule has 1 saturated carbocycles. The molecule has 1 fully saturated rings. The molecular weight excluding hydrogens is 220 g/mol. The maximum atomic E-state index is 4.58. The molecule has 3 rings (SSSR count). The predicted molar refractivity (Wildman–Crippen MR) is 75.4 cm³/mol. The Morgan fingerprint density at radius 1 is 1.39 bits per heavy atom. The first-order valence-electron chi connectivity index (χ1n) is 6.87. The van der Waals surface area contributed by atoms with Crippen molar-refractivity contribution in [3.63, 3.8) is 0 Å². The van der Waals surface area contributed by atoms with Crippen LogP contribution in [0.5, 0.6) is 0 Å². The van der Waals surface area contributed by atoms with Crippen molar-refractivity contribution in [1.82, 2.24) is 10.3 Å². The lowest BCUT2D eigenvalue weighted by Crippen LogP contribution is -2.23. The van der Waals surface area contributed by atoms with Crippen LogP contribution < -0.4 is 5.32 Å². The van der Waals surface area contributed by atoms with E-state index in [1.807, 2.05) is 12.3 Å². The van der Waals surface area contributed by atoms with E-state index in [1.165, 1.54) is 17.4 Å². The van der Waals surface area contributed by atoms with Crippen molar-refractivity contribution in [2.75, 3.05) is 6.54 Å². The molecular formula is C16H20N2. The van der Waals surface area contributed by atoms with Crippen LogP contribution in [0, 0.1) is 11.8 Å². The molecule has 18 heavy (non-hydrogen) atoms. The first-order chi connectivity index (χ1) is 8.79. The maximum Gasteiger partial charge on any atom is 0.0702 e. The van der Waals surface area contributed by atoms with Crippen molar-refractivity contribution in [2.24, 2.45) is 11.8 Å². The van der Waals surface area contributed by atoms with E-state index in [9.17, 15) is 0 Å². The molecule has 3 unspecified atom stereocenters. The van der Waals surface area contributed by atoms with Gasteiger partial charge < -0.3 is 5.32 Å². The van der Waals surface area contributed by atoms with Crippen LogP contribution in [0.4, 0.5) is 0 Å². The van der Waals surface area contributed by atoms with Gasteiger partial charge in [0.05, 0.1) is 5.52 Å². The van der Waals surface area contributed by atoms with Crippen LogP contribution in [0.3, 0.4) is 0 Å². The molecule has 0 spiro atoms. The highest BCUT2D eigenvalue weighted by molar-refractivity contribution is 5.78. The van der Waals surface area contributed by atoms with Crippen molar-refractivity contribution in [3.05, 3.63) is 42.1 Å². The minimum Gasteiger partial charge on any atom is -0.310 e. The zero-order valence-corrected chi connectivity index (χ0v) is 11.1. The average Bonchev–Trinajstić information content (AvgIpc) is 3.12. The molecule has 0 bridgehead atoms. The minimum atomic E-state index is 0.474. The summed E-state index contributed by atoms with van der Waals surface area (Å²) in [5, 5.41) is 4.86. The summed E-state index contributed by atoms with van der Waals surface area (Å²) < 4.78 is 0. The van der Waals surface area contributed by atoms with Crippen molar-refractivity contribution >= 4 is 10.9 Å². The summed E-state index contributed by atoms with van der Waals surface area (Å²) in [6.07, 6.45) is 3.38. The van der Waals surface area contributed by atoms with Crippen molar-refractivity contribution in [3.8, 4) is 0 Å². The monoisotopic (exact) mass is 240 g/mol. The molecule has 0 aliphatic heterocycles. The smallest absolute Gasteiger partial charge is 0.0702 e. The second-order valence-corrected chi connectivity index (χ2v) is 5.37. The van der Waals surface area contributed by atoms with Gasteiger partial charge in [0.25, 0.3) is 0 Å². The Morgan fingerprint density at radius 2 is 2.17 bits per heavy atom. The van der Waals surface area contributed by atoms with Gasteiger partial charge in [0.15, 0.2) is 0 Å². The third-order valence-electron chi connectivity index (χ3n) is 3.99. The Hall–Kier alpha value is -1.41. The minimum absolute atomic E-state index is 0.474. The molecule has 1 heterocycles. The number of nitrogens with zero attached hydrogens (tertiary/aromatic N) is 1. The Morgan fingerprint density at radius 3 is 2.89 bits per heavy atom. The van der Waals surface area contributed by atoms with Crippen LogP contribution in [0.2, 0.25) is 0 Å². The second kappa shape index (κ2) is 4.69. The van der Waals surface area contributed by atoms with Crippen LogP contribution in [0.15, 0.2) is 36.5 Å². The molecule has 1 aliphatic carbocycles. The maximum absolute atomic E-state index is 4.58. The Balaban J connectivity index is 1.95. The molecule has 0 radical (unpaired) electrons. The highest BCUT2D eigenvalue weighted by Crippen LogP contribution is 2.47. The molecule has 1 N–H and O–H groups in total. The van der Waals surface area contributed by atoms with Crippen LogP contribution in [-0.4, -0.2) is 11.5 Å². The van der Waals surface area contributed by atoms with Crippen LogP contribution in [0.1, 0.15) is 31.9 Å². The molecule has 1 aromatic carbocycles. The largest absolute Gasteiger partial charge is 0.310 e. The van der Waals surface area contributed by atoms with Gasteiger partial charge in [0.2, 0.25) is 0 Å². The van der Waals surface area contributed by atoms with E-state index >= 15 is 0 Å². The van der Waals surface area contributed by atoms with Gasteiger partial charge in [-0.3, -0.25) is 4.98 Å². The molecule has 1 aliphatic rings. The molecule has 1 aromatic heterocycles. The number of nitrogens with one attached hydrogen (secondary N) is 1. The zero-order valence-electron chi connectivity index (χ0n) is 11.1. The lowest BCUT2D eigenvalue weighted by atomic mass is 10.0. The summed E-state index contributed by atoms with van der Waals surface area (Å²) in [5.74, 6) is 1.63. The van der Waals surface area contributed by atoms with Gasteiger partial charge in [-0.1, -0.05) is 32.0 Å². The molecule has 3 atom stereocenters. The van der Waals surface area contributed by atoms with E-state index in [1.54, 1.807) is 0 Å². The summed E-state index contributed by atoms with van der Waals surface area (Å²) in [6, 6.07) is 11.1. The highest BCUT2D eigenvalue weighted by Gasteiger charge is 2.39. The van der Waals surface area contributed by atoms with Gasteiger partial charge in [0.1, 0.15) is 0 Å². The van der Waals surface area contributed by atoms with Gasteiger partial charge in [-0.2, -0.15) is 0 Å². The summed E-state index contributed by atoms with van der Waals surface area (Å²) in [4.78, 5) is 4.58. The number of hydrogen-bond acceptors (Lipinski definition) is 2. The number of benzene rings is 1. The second-order valence-electron chi connectivity index (χ2n) is 5.37.